The molecular weight excluding hydrogens is 241 g/mol. The molecular formula is C16H22FNO. The Morgan fingerprint density at radius 1 is 1.21 bits per heavy atom. The number of hydrogen-bond acceptors (Lipinski definition) is 2. The van der Waals surface area contributed by atoms with Gasteiger partial charge in [-0.15, -0.1) is 0 Å². The quantitative estimate of drug-likeness (QED) is 0.772. The second kappa shape index (κ2) is 4.48. The van der Waals surface area contributed by atoms with E-state index in [0.717, 1.165) is 24.8 Å². The maximum Gasteiger partial charge on any atom is 0.127 e. The SMILES string of the molecule is CC1CC(C)CC2(C1)CC(N)c1ccc(F)cc1O2. The van der Waals surface area contributed by atoms with Gasteiger partial charge in [0.1, 0.15) is 17.2 Å². The summed E-state index contributed by atoms with van der Waals surface area (Å²) in [5.74, 6) is 1.69. The molecule has 2 aliphatic rings. The number of rotatable bonds is 0. The fourth-order valence-electron chi connectivity index (χ4n) is 4.15. The largest absolute Gasteiger partial charge is 0.487 e. The Hall–Kier alpha value is -1.09. The molecule has 0 saturated heterocycles. The molecule has 3 atom stereocenters. The summed E-state index contributed by atoms with van der Waals surface area (Å²) in [6.45, 7) is 4.54. The molecule has 2 nitrogen and oxygen atoms in total. The number of benzene rings is 1. The number of fused-ring (bicyclic) bond motifs is 1. The molecule has 19 heavy (non-hydrogen) atoms. The first kappa shape index (κ1) is 12.9. The Morgan fingerprint density at radius 2 is 1.89 bits per heavy atom. The summed E-state index contributed by atoms with van der Waals surface area (Å²) in [6.07, 6.45) is 4.15. The molecule has 3 heteroatoms. The van der Waals surface area contributed by atoms with Crippen LogP contribution in [0.5, 0.6) is 5.75 Å². The predicted molar refractivity (Wildman–Crippen MR) is 73.5 cm³/mol. The summed E-state index contributed by atoms with van der Waals surface area (Å²) >= 11 is 0. The van der Waals surface area contributed by atoms with E-state index in [1.165, 1.54) is 18.6 Å². The van der Waals surface area contributed by atoms with Crippen molar-refractivity contribution >= 4 is 0 Å². The predicted octanol–water partition coefficient (Wildman–Crippen LogP) is 3.80. The van der Waals surface area contributed by atoms with Gasteiger partial charge in [-0.3, -0.25) is 0 Å². The van der Waals surface area contributed by atoms with E-state index in [9.17, 15) is 4.39 Å². The molecule has 1 saturated carbocycles. The zero-order valence-corrected chi connectivity index (χ0v) is 11.7. The Bertz CT molecular complexity index is 478. The molecule has 2 N–H and O–H groups in total. The van der Waals surface area contributed by atoms with Crippen molar-refractivity contribution in [2.24, 2.45) is 17.6 Å². The Labute approximate surface area is 114 Å². The van der Waals surface area contributed by atoms with Gasteiger partial charge in [-0.25, -0.2) is 4.39 Å². The van der Waals surface area contributed by atoms with E-state index in [2.05, 4.69) is 13.8 Å². The summed E-state index contributed by atoms with van der Waals surface area (Å²) in [7, 11) is 0. The van der Waals surface area contributed by atoms with Crippen LogP contribution in [0.3, 0.4) is 0 Å². The lowest BCUT2D eigenvalue weighted by Crippen LogP contribution is -2.48. The van der Waals surface area contributed by atoms with Crippen molar-refractivity contribution in [1.82, 2.24) is 0 Å². The maximum atomic E-state index is 13.4. The Kier molecular flexibility index (Phi) is 3.05. The molecule has 1 aliphatic heterocycles. The minimum atomic E-state index is -0.250. The average Bonchev–Trinajstić information content (AvgIpc) is 2.25. The van der Waals surface area contributed by atoms with Crippen LogP contribution < -0.4 is 10.5 Å². The topological polar surface area (TPSA) is 35.2 Å². The van der Waals surface area contributed by atoms with Gasteiger partial charge in [-0.2, -0.15) is 0 Å². The first-order chi connectivity index (χ1) is 8.97. The molecule has 0 aromatic heterocycles. The van der Waals surface area contributed by atoms with Gasteiger partial charge in [-0.05, 0) is 37.2 Å². The molecule has 1 aromatic carbocycles. The van der Waals surface area contributed by atoms with E-state index >= 15 is 0 Å². The highest BCUT2D eigenvalue weighted by molar-refractivity contribution is 5.39. The van der Waals surface area contributed by atoms with E-state index < -0.39 is 0 Å². The minimum absolute atomic E-state index is 0.0400. The standard InChI is InChI=1S/C16H22FNO/c1-10-5-11(2)8-16(7-10)9-14(18)13-4-3-12(17)6-15(13)19-16/h3-4,6,10-11,14H,5,7-9,18H2,1-2H3. The smallest absolute Gasteiger partial charge is 0.127 e. The van der Waals surface area contributed by atoms with E-state index in [0.29, 0.717) is 17.6 Å². The van der Waals surface area contributed by atoms with Crippen LogP contribution in [-0.2, 0) is 0 Å². The lowest BCUT2D eigenvalue weighted by molar-refractivity contribution is -0.0313. The third-order valence-electron chi connectivity index (χ3n) is 4.54. The van der Waals surface area contributed by atoms with E-state index in [1.54, 1.807) is 6.07 Å². The normalized spacial score (nSPS) is 37.8. The van der Waals surface area contributed by atoms with Crippen molar-refractivity contribution in [3.8, 4) is 5.75 Å². The summed E-state index contributed by atoms with van der Waals surface area (Å²) in [5.41, 5.74) is 7.05. The van der Waals surface area contributed by atoms with Crippen LogP contribution >= 0.6 is 0 Å². The lowest BCUT2D eigenvalue weighted by atomic mass is 9.69. The van der Waals surface area contributed by atoms with Crippen molar-refractivity contribution in [3.05, 3.63) is 29.6 Å². The number of ether oxygens (including phenoxy) is 1. The molecule has 0 radical (unpaired) electrons. The van der Waals surface area contributed by atoms with E-state index in [4.69, 9.17) is 10.5 Å². The third kappa shape index (κ3) is 2.36. The molecule has 104 valence electrons. The van der Waals surface area contributed by atoms with Gasteiger partial charge >= 0.3 is 0 Å². The van der Waals surface area contributed by atoms with E-state index in [1.807, 2.05) is 0 Å². The van der Waals surface area contributed by atoms with Crippen molar-refractivity contribution in [3.63, 3.8) is 0 Å². The van der Waals surface area contributed by atoms with Crippen LogP contribution in [0, 0.1) is 17.7 Å². The molecule has 1 heterocycles. The minimum Gasteiger partial charge on any atom is -0.487 e. The second-order valence-corrected chi connectivity index (χ2v) is 6.63. The highest BCUT2D eigenvalue weighted by Gasteiger charge is 2.44. The van der Waals surface area contributed by atoms with Gasteiger partial charge in [0.05, 0.1) is 0 Å². The van der Waals surface area contributed by atoms with Crippen molar-refractivity contribution in [2.45, 2.75) is 51.2 Å². The summed E-state index contributed by atoms with van der Waals surface area (Å²) in [4.78, 5) is 0. The van der Waals surface area contributed by atoms with Crippen LogP contribution in [0.25, 0.3) is 0 Å². The molecule has 1 aliphatic carbocycles. The van der Waals surface area contributed by atoms with Crippen LogP contribution in [0.15, 0.2) is 18.2 Å². The first-order valence-electron chi connectivity index (χ1n) is 7.21. The summed E-state index contributed by atoms with van der Waals surface area (Å²) in [6, 6.07) is 4.67. The van der Waals surface area contributed by atoms with Gasteiger partial charge in [-0.1, -0.05) is 19.9 Å². The monoisotopic (exact) mass is 263 g/mol. The number of halogens is 1. The molecule has 3 rings (SSSR count). The number of hydrogen-bond donors (Lipinski definition) is 1. The fraction of sp³-hybridized carbons (Fsp3) is 0.625. The molecule has 0 amide bonds. The van der Waals surface area contributed by atoms with Crippen LogP contribution in [0.2, 0.25) is 0 Å². The van der Waals surface area contributed by atoms with Crippen molar-refractivity contribution < 1.29 is 9.13 Å². The van der Waals surface area contributed by atoms with Gasteiger partial charge in [0, 0.05) is 24.1 Å². The highest BCUT2D eigenvalue weighted by atomic mass is 19.1. The van der Waals surface area contributed by atoms with Crippen LogP contribution in [0.4, 0.5) is 4.39 Å². The molecule has 1 spiro atoms. The van der Waals surface area contributed by atoms with Gasteiger partial charge < -0.3 is 10.5 Å². The first-order valence-corrected chi connectivity index (χ1v) is 7.21. The van der Waals surface area contributed by atoms with Crippen molar-refractivity contribution in [2.75, 3.05) is 0 Å². The lowest BCUT2D eigenvalue weighted by Gasteiger charge is -2.47. The number of nitrogens with two attached hydrogens (primary N) is 1. The van der Waals surface area contributed by atoms with Gasteiger partial charge in [0.2, 0.25) is 0 Å². The second-order valence-electron chi connectivity index (χ2n) is 6.63. The summed E-state index contributed by atoms with van der Waals surface area (Å²) < 4.78 is 19.6. The molecule has 3 unspecified atom stereocenters. The summed E-state index contributed by atoms with van der Waals surface area (Å²) in [5, 5.41) is 0. The molecule has 1 aromatic rings. The Balaban J connectivity index is 1.95. The fourth-order valence-corrected chi connectivity index (χ4v) is 4.15. The zero-order chi connectivity index (χ0) is 13.6. The van der Waals surface area contributed by atoms with E-state index in [-0.39, 0.29) is 17.5 Å². The van der Waals surface area contributed by atoms with Gasteiger partial charge in [0.15, 0.2) is 0 Å². The Morgan fingerprint density at radius 3 is 2.58 bits per heavy atom. The van der Waals surface area contributed by atoms with Crippen LogP contribution in [0.1, 0.15) is 51.1 Å². The maximum absolute atomic E-state index is 13.4. The van der Waals surface area contributed by atoms with Crippen LogP contribution in [-0.4, -0.2) is 5.60 Å². The average molecular weight is 263 g/mol. The van der Waals surface area contributed by atoms with Crippen molar-refractivity contribution in [1.29, 1.82) is 0 Å². The highest BCUT2D eigenvalue weighted by Crippen LogP contribution is 2.48. The zero-order valence-electron chi connectivity index (χ0n) is 11.7. The molecule has 1 fully saturated rings. The molecule has 0 bridgehead atoms. The third-order valence-corrected chi connectivity index (χ3v) is 4.54. The van der Waals surface area contributed by atoms with Gasteiger partial charge in [0.25, 0.3) is 0 Å².